The number of nitrogens with one attached hydrogen (secondary N) is 1. The number of pyridine rings is 1. The lowest BCUT2D eigenvalue weighted by atomic mass is 10.1. The molecular weight excluding hydrogens is 250 g/mol. The van der Waals surface area contributed by atoms with Gasteiger partial charge in [0.15, 0.2) is 5.65 Å². The number of nitrogens with zero attached hydrogens (tertiary/aromatic N) is 3. The fourth-order valence-electron chi connectivity index (χ4n) is 2.22. The number of aromatic nitrogens is 3. The van der Waals surface area contributed by atoms with E-state index in [-0.39, 0.29) is 6.04 Å². The lowest BCUT2D eigenvalue weighted by molar-refractivity contribution is 0.756. The highest BCUT2D eigenvalue weighted by molar-refractivity contribution is 5.51. The van der Waals surface area contributed by atoms with E-state index in [4.69, 9.17) is 5.73 Å². The highest BCUT2D eigenvalue weighted by Gasteiger charge is 2.08. The lowest BCUT2D eigenvalue weighted by Gasteiger charge is -2.15. The Morgan fingerprint density at radius 3 is 2.85 bits per heavy atom. The number of rotatable bonds is 4. The van der Waals surface area contributed by atoms with Crippen LogP contribution in [0.5, 0.6) is 0 Å². The molecule has 2 heterocycles. The smallest absolute Gasteiger partial charge is 0.157 e. The highest BCUT2D eigenvalue weighted by Crippen LogP contribution is 2.15. The van der Waals surface area contributed by atoms with Gasteiger partial charge in [-0.25, -0.2) is 4.98 Å². The predicted octanol–water partition coefficient (Wildman–Crippen LogP) is 2.15. The van der Waals surface area contributed by atoms with Gasteiger partial charge < -0.3 is 11.1 Å². The molecule has 0 saturated carbocycles. The van der Waals surface area contributed by atoms with E-state index >= 15 is 0 Å². The van der Waals surface area contributed by atoms with Crippen LogP contribution in [0.3, 0.4) is 0 Å². The van der Waals surface area contributed by atoms with Gasteiger partial charge in [-0.1, -0.05) is 30.3 Å². The standard InChI is InChI=1S/C15H17N5/c1-11-7-14(20-15(8-11)18-10-19-20)17-9-13(16)12-5-3-2-4-6-12/h2-8,10,13,17H,9,16H2,1H3. The first-order chi connectivity index (χ1) is 9.74. The Labute approximate surface area is 117 Å². The minimum Gasteiger partial charge on any atom is -0.368 e. The van der Waals surface area contributed by atoms with E-state index in [0.29, 0.717) is 6.54 Å². The summed E-state index contributed by atoms with van der Waals surface area (Å²) in [5.74, 6) is 0.906. The van der Waals surface area contributed by atoms with Crippen LogP contribution in [-0.4, -0.2) is 21.1 Å². The Morgan fingerprint density at radius 2 is 2.05 bits per heavy atom. The van der Waals surface area contributed by atoms with E-state index < -0.39 is 0 Å². The zero-order chi connectivity index (χ0) is 13.9. The highest BCUT2D eigenvalue weighted by atomic mass is 15.3. The molecule has 0 amide bonds. The van der Waals surface area contributed by atoms with Gasteiger partial charge in [0.25, 0.3) is 0 Å². The average Bonchev–Trinajstić information content (AvgIpc) is 2.93. The molecule has 1 aromatic carbocycles. The van der Waals surface area contributed by atoms with Crippen molar-refractivity contribution < 1.29 is 0 Å². The molecule has 1 atom stereocenters. The van der Waals surface area contributed by atoms with E-state index in [1.54, 1.807) is 10.8 Å². The Balaban J connectivity index is 1.78. The Hall–Kier alpha value is -2.40. The second-order valence-corrected chi connectivity index (χ2v) is 4.85. The van der Waals surface area contributed by atoms with Crippen molar-refractivity contribution in [1.82, 2.24) is 14.6 Å². The van der Waals surface area contributed by atoms with Crippen LogP contribution in [0.2, 0.25) is 0 Å². The third-order valence-electron chi connectivity index (χ3n) is 3.25. The summed E-state index contributed by atoms with van der Waals surface area (Å²) in [4.78, 5) is 4.21. The molecule has 0 bridgehead atoms. The fraction of sp³-hybridized carbons (Fsp3) is 0.200. The van der Waals surface area contributed by atoms with Crippen LogP contribution < -0.4 is 11.1 Å². The van der Waals surface area contributed by atoms with Crippen molar-refractivity contribution in [2.45, 2.75) is 13.0 Å². The van der Waals surface area contributed by atoms with Gasteiger partial charge in [0.2, 0.25) is 0 Å². The first kappa shape index (κ1) is 12.6. The quantitative estimate of drug-likeness (QED) is 0.760. The van der Waals surface area contributed by atoms with Crippen molar-refractivity contribution >= 4 is 11.5 Å². The molecular formula is C15H17N5. The first-order valence-corrected chi connectivity index (χ1v) is 6.59. The number of fused-ring (bicyclic) bond motifs is 1. The van der Waals surface area contributed by atoms with Gasteiger partial charge in [0.1, 0.15) is 12.1 Å². The van der Waals surface area contributed by atoms with Gasteiger partial charge >= 0.3 is 0 Å². The summed E-state index contributed by atoms with van der Waals surface area (Å²) < 4.78 is 1.78. The molecule has 0 saturated heterocycles. The monoisotopic (exact) mass is 267 g/mol. The van der Waals surface area contributed by atoms with E-state index in [9.17, 15) is 0 Å². The van der Waals surface area contributed by atoms with Crippen LogP contribution in [0.4, 0.5) is 5.82 Å². The molecule has 3 rings (SSSR count). The molecule has 0 aliphatic heterocycles. The molecule has 5 heteroatoms. The fourth-order valence-corrected chi connectivity index (χ4v) is 2.22. The number of hydrogen-bond acceptors (Lipinski definition) is 4. The molecule has 2 aromatic heterocycles. The van der Waals surface area contributed by atoms with Gasteiger partial charge in [0, 0.05) is 12.6 Å². The van der Waals surface area contributed by atoms with Gasteiger partial charge in [-0.15, -0.1) is 0 Å². The molecule has 0 fully saturated rings. The number of nitrogens with two attached hydrogens (primary N) is 1. The van der Waals surface area contributed by atoms with Crippen molar-refractivity contribution in [2.24, 2.45) is 5.73 Å². The third-order valence-corrected chi connectivity index (χ3v) is 3.25. The Bertz CT molecular complexity index is 705. The van der Waals surface area contributed by atoms with Crippen molar-refractivity contribution in [3.63, 3.8) is 0 Å². The zero-order valence-corrected chi connectivity index (χ0v) is 11.3. The van der Waals surface area contributed by atoms with Crippen LogP contribution in [0, 0.1) is 6.92 Å². The van der Waals surface area contributed by atoms with Crippen LogP contribution in [-0.2, 0) is 0 Å². The van der Waals surface area contributed by atoms with Gasteiger partial charge in [0.05, 0.1) is 0 Å². The number of hydrogen-bond donors (Lipinski definition) is 2. The molecule has 0 radical (unpaired) electrons. The van der Waals surface area contributed by atoms with Gasteiger partial charge in [-0.05, 0) is 30.2 Å². The molecule has 3 N–H and O–H groups in total. The summed E-state index contributed by atoms with van der Waals surface area (Å²) in [6, 6.07) is 14.0. The maximum Gasteiger partial charge on any atom is 0.157 e. The summed E-state index contributed by atoms with van der Waals surface area (Å²) >= 11 is 0. The van der Waals surface area contributed by atoms with E-state index in [1.165, 1.54) is 0 Å². The van der Waals surface area contributed by atoms with Crippen molar-refractivity contribution in [3.8, 4) is 0 Å². The summed E-state index contributed by atoms with van der Waals surface area (Å²) in [6.45, 7) is 2.68. The molecule has 20 heavy (non-hydrogen) atoms. The SMILES string of the molecule is Cc1cc(NCC(N)c2ccccc2)n2ncnc2c1. The van der Waals surface area contributed by atoms with Crippen LogP contribution in [0.25, 0.3) is 5.65 Å². The van der Waals surface area contributed by atoms with Crippen LogP contribution in [0.1, 0.15) is 17.2 Å². The second-order valence-electron chi connectivity index (χ2n) is 4.85. The van der Waals surface area contributed by atoms with E-state index in [1.807, 2.05) is 49.4 Å². The first-order valence-electron chi connectivity index (χ1n) is 6.59. The minimum absolute atomic E-state index is 0.0599. The lowest BCUT2D eigenvalue weighted by Crippen LogP contribution is -2.21. The van der Waals surface area contributed by atoms with E-state index in [2.05, 4.69) is 15.4 Å². The van der Waals surface area contributed by atoms with Gasteiger partial charge in [-0.3, -0.25) is 0 Å². The summed E-state index contributed by atoms with van der Waals surface area (Å²) in [7, 11) is 0. The zero-order valence-electron chi connectivity index (χ0n) is 11.3. The predicted molar refractivity (Wildman–Crippen MR) is 79.6 cm³/mol. The average molecular weight is 267 g/mol. The van der Waals surface area contributed by atoms with Crippen molar-refractivity contribution in [2.75, 3.05) is 11.9 Å². The third kappa shape index (κ3) is 2.48. The summed E-state index contributed by atoms with van der Waals surface area (Å²) in [6.07, 6.45) is 1.55. The summed E-state index contributed by atoms with van der Waals surface area (Å²) in [5.41, 5.74) is 9.28. The van der Waals surface area contributed by atoms with Crippen LogP contribution >= 0.6 is 0 Å². The van der Waals surface area contributed by atoms with Gasteiger partial charge in [-0.2, -0.15) is 9.61 Å². The Morgan fingerprint density at radius 1 is 1.25 bits per heavy atom. The van der Waals surface area contributed by atoms with E-state index in [0.717, 1.165) is 22.6 Å². The number of anilines is 1. The molecule has 0 aliphatic rings. The maximum atomic E-state index is 6.19. The molecule has 3 aromatic rings. The van der Waals surface area contributed by atoms with Crippen molar-refractivity contribution in [3.05, 3.63) is 59.9 Å². The normalized spacial score (nSPS) is 12.5. The topological polar surface area (TPSA) is 68.2 Å². The molecule has 102 valence electrons. The minimum atomic E-state index is -0.0599. The maximum absolute atomic E-state index is 6.19. The molecule has 0 spiro atoms. The second kappa shape index (κ2) is 5.30. The molecule has 1 unspecified atom stereocenters. The molecule has 5 nitrogen and oxygen atoms in total. The van der Waals surface area contributed by atoms with Crippen molar-refractivity contribution in [1.29, 1.82) is 0 Å². The van der Waals surface area contributed by atoms with Crippen LogP contribution in [0.15, 0.2) is 48.8 Å². The molecule has 0 aliphatic carbocycles. The Kier molecular flexibility index (Phi) is 3.35. The summed E-state index contributed by atoms with van der Waals surface area (Å²) in [5, 5.41) is 7.56. The largest absolute Gasteiger partial charge is 0.368 e. The number of aryl methyl sites for hydroxylation is 1. The number of benzene rings is 1.